The van der Waals surface area contributed by atoms with Crippen LogP contribution in [0.1, 0.15) is 28.7 Å². The van der Waals surface area contributed by atoms with Crippen molar-refractivity contribution in [1.82, 2.24) is 25.2 Å². The molecule has 1 aliphatic rings. The SMILES string of the molecule is O=C(CSc1nnnn1Cc1ccccc1)N1N=C(c2ccco2)C[C@@H]1c1cccs1. The number of rotatable bonds is 7. The van der Waals surface area contributed by atoms with Crippen LogP contribution >= 0.6 is 23.1 Å². The van der Waals surface area contributed by atoms with Gasteiger partial charge in [0.2, 0.25) is 5.16 Å². The second kappa shape index (κ2) is 8.86. The molecule has 0 saturated heterocycles. The molecule has 0 aliphatic carbocycles. The van der Waals surface area contributed by atoms with Crippen molar-refractivity contribution in [2.75, 3.05) is 5.75 Å². The normalized spacial score (nSPS) is 15.9. The van der Waals surface area contributed by atoms with Gasteiger partial charge in [0.05, 0.1) is 24.6 Å². The van der Waals surface area contributed by atoms with Gasteiger partial charge in [-0.05, 0) is 39.6 Å². The zero-order chi connectivity index (χ0) is 21.0. The molecule has 156 valence electrons. The van der Waals surface area contributed by atoms with E-state index in [0.29, 0.717) is 23.9 Å². The molecule has 1 atom stereocenters. The van der Waals surface area contributed by atoms with Crippen molar-refractivity contribution < 1.29 is 9.21 Å². The van der Waals surface area contributed by atoms with Crippen LogP contribution in [0.15, 0.2) is 80.9 Å². The molecular formula is C21H18N6O2S2. The predicted molar refractivity (Wildman–Crippen MR) is 118 cm³/mol. The molecule has 31 heavy (non-hydrogen) atoms. The zero-order valence-electron chi connectivity index (χ0n) is 16.4. The van der Waals surface area contributed by atoms with Gasteiger partial charge in [0.25, 0.3) is 5.91 Å². The van der Waals surface area contributed by atoms with E-state index in [9.17, 15) is 4.79 Å². The molecule has 1 aromatic carbocycles. The average molecular weight is 451 g/mol. The summed E-state index contributed by atoms with van der Waals surface area (Å²) in [6.07, 6.45) is 2.24. The Morgan fingerprint density at radius 3 is 2.84 bits per heavy atom. The van der Waals surface area contributed by atoms with E-state index >= 15 is 0 Å². The third-order valence-corrected chi connectivity index (χ3v) is 6.76. The monoisotopic (exact) mass is 450 g/mol. The van der Waals surface area contributed by atoms with Crippen molar-refractivity contribution >= 4 is 34.7 Å². The van der Waals surface area contributed by atoms with Gasteiger partial charge >= 0.3 is 0 Å². The summed E-state index contributed by atoms with van der Waals surface area (Å²) >= 11 is 2.93. The Kier molecular flexibility index (Phi) is 5.63. The summed E-state index contributed by atoms with van der Waals surface area (Å²) in [4.78, 5) is 14.2. The summed E-state index contributed by atoms with van der Waals surface area (Å²) in [6.45, 7) is 0.548. The number of hydrogen-bond donors (Lipinski definition) is 0. The molecule has 0 N–H and O–H groups in total. The molecule has 0 spiro atoms. The van der Waals surface area contributed by atoms with E-state index in [-0.39, 0.29) is 17.7 Å². The number of benzene rings is 1. The van der Waals surface area contributed by atoms with E-state index in [2.05, 4.69) is 20.6 Å². The molecule has 0 unspecified atom stereocenters. The van der Waals surface area contributed by atoms with Crippen molar-refractivity contribution in [3.05, 3.63) is 82.4 Å². The first-order valence-corrected chi connectivity index (χ1v) is 11.5. The summed E-state index contributed by atoms with van der Waals surface area (Å²) in [7, 11) is 0. The minimum absolute atomic E-state index is 0.0979. The minimum Gasteiger partial charge on any atom is -0.463 e. The molecule has 0 bridgehead atoms. The first-order chi connectivity index (χ1) is 15.3. The van der Waals surface area contributed by atoms with E-state index in [1.165, 1.54) is 11.8 Å². The number of hydrazone groups is 1. The molecule has 5 rings (SSSR count). The molecule has 1 aliphatic heterocycles. The van der Waals surface area contributed by atoms with Gasteiger partial charge in [-0.1, -0.05) is 48.2 Å². The molecule has 1 amide bonds. The largest absolute Gasteiger partial charge is 0.463 e. The number of furan rings is 1. The lowest BCUT2D eigenvalue weighted by atomic mass is 10.1. The number of thioether (sulfide) groups is 1. The fourth-order valence-corrected chi connectivity index (χ4v) is 4.92. The zero-order valence-corrected chi connectivity index (χ0v) is 18.0. The van der Waals surface area contributed by atoms with Crippen LogP contribution in [0.2, 0.25) is 0 Å². The molecule has 10 heteroatoms. The van der Waals surface area contributed by atoms with Gasteiger partial charge in [-0.15, -0.1) is 16.4 Å². The molecule has 0 fully saturated rings. The average Bonchev–Trinajstić information content (AvgIpc) is 3.59. The van der Waals surface area contributed by atoms with Gasteiger partial charge in [-0.25, -0.2) is 9.69 Å². The Morgan fingerprint density at radius 2 is 2.06 bits per heavy atom. The second-order valence-electron chi connectivity index (χ2n) is 6.89. The Hall–Kier alpha value is -3.24. The first-order valence-electron chi connectivity index (χ1n) is 9.67. The van der Waals surface area contributed by atoms with E-state index in [1.807, 2.05) is 60.0 Å². The van der Waals surface area contributed by atoms with Crippen LogP contribution in [0.4, 0.5) is 0 Å². The predicted octanol–water partition coefficient (Wildman–Crippen LogP) is 3.85. The number of aromatic nitrogens is 4. The highest BCUT2D eigenvalue weighted by molar-refractivity contribution is 7.99. The van der Waals surface area contributed by atoms with Crippen LogP contribution in [0.5, 0.6) is 0 Å². The number of carbonyl (C=O) groups is 1. The maximum absolute atomic E-state index is 13.1. The lowest BCUT2D eigenvalue weighted by molar-refractivity contribution is -0.130. The summed E-state index contributed by atoms with van der Waals surface area (Å²) in [6, 6.07) is 17.5. The van der Waals surface area contributed by atoms with Gasteiger partial charge < -0.3 is 4.42 Å². The molecule has 0 radical (unpaired) electrons. The summed E-state index contributed by atoms with van der Waals surface area (Å²) in [5, 5.41) is 20.7. The summed E-state index contributed by atoms with van der Waals surface area (Å²) in [5.41, 5.74) is 1.86. The highest BCUT2D eigenvalue weighted by atomic mass is 32.2. The number of nitrogens with zero attached hydrogens (tertiary/aromatic N) is 6. The Morgan fingerprint density at radius 1 is 1.16 bits per heavy atom. The molecule has 3 aromatic heterocycles. The van der Waals surface area contributed by atoms with Crippen LogP contribution in [0.25, 0.3) is 0 Å². The van der Waals surface area contributed by atoms with E-state index in [0.717, 1.165) is 16.2 Å². The minimum atomic E-state index is -0.131. The highest BCUT2D eigenvalue weighted by Crippen LogP contribution is 2.35. The highest BCUT2D eigenvalue weighted by Gasteiger charge is 2.34. The van der Waals surface area contributed by atoms with Crippen LogP contribution < -0.4 is 0 Å². The van der Waals surface area contributed by atoms with Crippen molar-refractivity contribution in [2.45, 2.75) is 24.2 Å². The van der Waals surface area contributed by atoms with Gasteiger partial charge in [-0.3, -0.25) is 4.79 Å². The van der Waals surface area contributed by atoms with Gasteiger partial charge in [-0.2, -0.15) is 5.10 Å². The summed E-state index contributed by atoms with van der Waals surface area (Å²) in [5.74, 6) is 0.780. The number of hydrogen-bond acceptors (Lipinski definition) is 8. The second-order valence-corrected chi connectivity index (χ2v) is 8.81. The maximum atomic E-state index is 13.1. The lowest BCUT2D eigenvalue weighted by Gasteiger charge is -2.20. The van der Waals surface area contributed by atoms with Crippen molar-refractivity contribution in [1.29, 1.82) is 0 Å². The van der Waals surface area contributed by atoms with E-state index in [1.54, 1.807) is 27.3 Å². The van der Waals surface area contributed by atoms with E-state index < -0.39 is 0 Å². The van der Waals surface area contributed by atoms with Crippen LogP contribution in [-0.4, -0.2) is 42.6 Å². The Balaban J connectivity index is 1.31. The fraction of sp³-hybridized carbons (Fsp3) is 0.190. The summed E-state index contributed by atoms with van der Waals surface area (Å²) < 4.78 is 7.20. The van der Waals surface area contributed by atoms with Crippen molar-refractivity contribution in [2.24, 2.45) is 5.10 Å². The lowest BCUT2D eigenvalue weighted by Crippen LogP contribution is -2.28. The fourth-order valence-electron chi connectivity index (χ4n) is 3.38. The standard InChI is InChI=1S/C21H18N6O2S2/c28-20(14-31-21-22-24-25-26(21)13-15-6-2-1-3-7-15)27-17(19-9-5-11-30-19)12-16(23-27)18-8-4-10-29-18/h1-11,17H,12-14H2/t17-/m1/s1. The van der Waals surface area contributed by atoms with Crippen LogP contribution in [0.3, 0.4) is 0 Å². The van der Waals surface area contributed by atoms with Gasteiger partial charge in [0.15, 0.2) is 0 Å². The topological polar surface area (TPSA) is 89.4 Å². The number of carbonyl (C=O) groups excluding carboxylic acids is 1. The Bertz CT molecular complexity index is 1170. The first kappa shape index (κ1) is 19.7. The van der Waals surface area contributed by atoms with Gasteiger partial charge in [0, 0.05) is 11.3 Å². The molecular weight excluding hydrogens is 432 g/mol. The Labute approximate surface area is 186 Å². The molecule has 0 saturated carbocycles. The number of amides is 1. The third kappa shape index (κ3) is 4.30. The van der Waals surface area contributed by atoms with E-state index in [4.69, 9.17) is 4.42 Å². The van der Waals surface area contributed by atoms with Crippen LogP contribution in [-0.2, 0) is 11.3 Å². The maximum Gasteiger partial charge on any atom is 0.253 e. The van der Waals surface area contributed by atoms with Crippen molar-refractivity contribution in [3.8, 4) is 0 Å². The van der Waals surface area contributed by atoms with Crippen LogP contribution in [0, 0.1) is 0 Å². The van der Waals surface area contributed by atoms with Gasteiger partial charge in [0.1, 0.15) is 11.5 Å². The smallest absolute Gasteiger partial charge is 0.253 e. The number of tetrazole rings is 1. The molecule has 4 aromatic rings. The molecule has 4 heterocycles. The molecule has 8 nitrogen and oxygen atoms in total. The number of thiophene rings is 1. The van der Waals surface area contributed by atoms with Crippen molar-refractivity contribution in [3.63, 3.8) is 0 Å². The quantitative estimate of drug-likeness (QED) is 0.398. The third-order valence-electron chi connectivity index (χ3n) is 4.84.